The van der Waals surface area contributed by atoms with Gasteiger partial charge in [0.05, 0.1) is 11.7 Å². The van der Waals surface area contributed by atoms with E-state index in [4.69, 9.17) is 5.10 Å². The van der Waals surface area contributed by atoms with E-state index in [1.807, 2.05) is 7.05 Å². The smallest absolute Gasteiger partial charge is 0.0640 e. The fourth-order valence-electron chi connectivity index (χ4n) is 2.93. The van der Waals surface area contributed by atoms with Crippen LogP contribution in [0.25, 0.3) is 0 Å². The van der Waals surface area contributed by atoms with Gasteiger partial charge in [0.2, 0.25) is 0 Å². The second-order valence-electron chi connectivity index (χ2n) is 5.92. The van der Waals surface area contributed by atoms with Gasteiger partial charge in [-0.3, -0.25) is 4.68 Å². The number of aromatic nitrogens is 2. The summed E-state index contributed by atoms with van der Waals surface area (Å²) in [5.41, 5.74) is 1.23. The van der Waals surface area contributed by atoms with Gasteiger partial charge in [-0.15, -0.1) is 0 Å². The Morgan fingerprint density at radius 2 is 2.06 bits per heavy atom. The van der Waals surface area contributed by atoms with Crippen molar-refractivity contribution in [1.82, 2.24) is 15.1 Å². The number of hydrogen-bond acceptors (Lipinski definition) is 2. The highest BCUT2D eigenvalue weighted by molar-refractivity contribution is 5.03. The monoisotopic (exact) mass is 249 g/mol. The maximum atomic E-state index is 4.78. The van der Waals surface area contributed by atoms with Crippen LogP contribution < -0.4 is 5.32 Å². The lowest BCUT2D eigenvalue weighted by Crippen LogP contribution is -2.32. The topological polar surface area (TPSA) is 29.9 Å². The molecule has 0 aromatic carbocycles. The molecule has 1 aromatic rings. The Labute approximate surface area is 111 Å². The van der Waals surface area contributed by atoms with Crippen molar-refractivity contribution >= 4 is 0 Å². The first-order chi connectivity index (χ1) is 8.70. The van der Waals surface area contributed by atoms with Crippen molar-refractivity contribution in [3.05, 3.63) is 18.0 Å². The lowest BCUT2D eigenvalue weighted by atomic mass is 9.96. The van der Waals surface area contributed by atoms with Crippen LogP contribution in [0.5, 0.6) is 0 Å². The molecule has 0 amide bonds. The molecule has 0 bridgehead atoms. The first-order valence-corrected chi connectivity index (χ1v) is 7.42. The highest BCUT2D eigenvalue weighted by Gasteiger charge is 2.17. The van der Waals surface area contributed by atoms with Crippen LogP contribution in [0.1, 0.15) is 57.7 Å². The Hall–Kier alpha value is -0.830. The third-order valence-electron chi connectivity index (χ3n) is 4.22. The molecule has 1 aliphatic carbocycles. The number of likely N-dealkylation sites (N-methyl/N-ethyl adjacent to an activating group) is 1. The molecule has 1 N–H and O–H groups in total. The van der Waals surface area contributed by atoms with Crippen LogP contribution in [0.15, 0.2) is 12.3 Å². The number of hydrogen-bond donors (Lipinski definition) is 1. The zero-order chi connectivity index (χ0) is 13.0. The maximum absolute atomic E-state index is 4.78. The zero-order valence-electron chi connectivity index (χ0n) is 12.0. The first kappa shape index (κ1) is 13.6. The van der Waals surface area contributed by atoms with E-state index in [0.29, 0.717) is 18.0 Å². The molecule has 2 rings (SSSR count). The highest BCUT2D eigenvalue weighted by atomic mass is 15.3. The molecule has 1 atom stereocenters. The summed E-state index contributed by atoms with van der Waals surface area (Å²) in [5, 5.41) is 8.17. The van der Waals surface area contributed by atoms with E-state index in [9.17, 15) is 0 Å². The Kier molecular flexibility index (Phi) is 4.81. The van der Waals surface area contributed by atoms with E-state index in [1.54, 1.807) is 0 Å². The molecule has 3 heteroatoms. The van der Waals surface area contributed by atoms with E-state index < -0.39 is 0 Å². The molecule has 1 unspecified atom stereocenters. The first-order valence-electron chi connectivity index (χ1n) is 7.42. The summed E-state index contributed by atoms with van der Waals surface area (Å²) in [5.74, 6) is 0.648. The van der Waals surface area contributed by atoms with Crippen molar-refractivity contribution < 1.29 is 0 Å². The Morgan fingerprint density at radius 3 is 2.67 bits per heavy atom. The second kappa shape index (κ2) is 6.37. The van der Waals surface area contributed by atoms with Crippen LogP contribution in [0, 0.1) is 5.92 Å². The van der Waals surface area contributed by atoms with E-state index >= 15 is 0 Å². The van der Waals surface area contributed by atoms with Crippen LogP contribution >= 0.6 is 0 Å². The van der Waals surface area contributed by atoms with Crippen molar-refractivity contribution in [3.8, 4) is 0 Å². The van der Waals surface area contributed by atoms with Gasteiger partial charge < -0.3 is 5.32 Å². The largest absolute Gasteiger partial charge is 0.316 e. The summed E-state index contributed by atoms with van der Waals surface area (Å²) < 4.78 is 2.21. The highest BCUT2D eigenvalue weighted by Crippen LogP contribution is 2.27. The van der Waals surface area contributed by atoms with Gasteiger partial charge in [0.25, 0.3) is 0 Å². The predicted molar refractivity (Wildman–Crippen MR) is 75.7 cm³/mol. The van der Waals surface area contributed by atoms with Crippen LogP contribution in [0.2, 0.25) is 0 Å². The van der Waals surface area contributed by atoms with Gasteiger partial charge in [-0.05, 0) is 31.9 Å². The van der Waals surface area contributed by atoms with Crippen LogP contribution in [0.4, 0.5) is 0 Å². The Bertz CT molecular complexity index is 350. The zero-order valence-corrected chi connectivity index (χ0v) is 12.0. The normalized spacial score (nSPS) is 19.3. The predicted octanol–water partition coefficient (Wildman–Crippen LogP) is 3.17. The molecule has 0 spiro atoms. The Balaban J connectivity index is 1.96. The average Bonchev–Trinajstić information content (AvgIpc) is 2.85. The van der Waals surface area contributed by atoms with E-state index in [0.717, 1.165) is 6.42 Å². The molecular formula is C15H27N3. The minimum Gasteiger partial charge on any atom is -0.316 e. The molecule has 0 aliphatic heterocycles. The van der Waals surface area contributed by atoms with E-state index in [-0.39, 0.29) is 0 Å². The lowest BCUT2D eigenvalue weighted by Gasteiger charge is -2.22. The molecule has 102 valence electrons. The number of nitrogens with zero attached hydrogens (tertiary/aromatic N) is 2. The second-order valence-corrected chi connectivity index (χ2v) is 5.92. The minimum absolute atomic E-state index is 0.528. The van der Waals surface area contributed by atoms with Gasteiger partial charge in [0.15, 0.2) is 0 Å². The molecule has 0 saturated heterocycles. The SMILES string of the molecule is CNC(Cc1ccn(C2CCCCC2)n1)C(C)C. The van der Waals surface area contributed by atoms with Gasteiger partial charge >= 0.3 is 0 Å². The van der Waals surface area contributed by atoms with Gasteiger partial charge in [0, 0.05) is 18.7 Å². The summed E-state index contributed by atoms with van der Waals surface area (Å²) in [6, 6.07) is 3.38. The molecule has 1 aliphatic rings. The molecule has 1 saturated carbocycles. The summed E-state index contributed by atoms with van der Waals surface area (Å²) in [4.78, 5) is 0. The molecular weight excluding hydrogens is 222 g/mol. The lowest BCUT2D eigenvalue weighted by molar-refractivity contribution is 0.326. The number of nitrogens with one attached hydrogen (secondary N) is 1. The van der Waals surface area contributed by atoms with Crippen LogP contribution in [-0.4, -0.2) is 22.9 Å². The standard InChI is InChI=1S/C15H27N3/c1-12(2)15(16-3)11-13-9-10-18(17-13)14-7-5-4-6-8-14/h9-10,12,14-16H,4-8,11H2,1-3H3. The van der Waals surface area contributed by atoms with Crippen molar-refractivity contribution in [1.29, 1.82) is 0 Å². The van der Waals surface area contributed by atoms with Gasteiger partial charge in [-0.25, -0.2) is 0 Å². The van der Waals surface area contributed by atoms with Gasteiger partial charge in [-0.1, -0.05) is 33.1 Å². The van der Waals surface area contributed by atoms with Gasteiger partial charge in [0.1, 0.15) is 0 Å². The van der Waals surface area contributed by atoms with Crippen LogP contribution in [0.3, 0.4) is 0 Å². The fraction of sp³-hybridized carbons (Fsp3) is 0.800. The van der Waals surface area contributed by atoms with E-state index in [2.05, 4.69) is 36.1 Å². The van der Waals surface area contributed by atoms with E-state index in [1.165, 1.54) is 37.8 Å². The third-order valence-corrected chi connectivity index (χ3v) is 4.22. The third kappa shape index (κ3) is 3.35. The molecule has 1 fully saturated rings. The van der Waals surface area contributed by atoms with Crippen molar-refractivity contribution in [2.45, 2.75) is 64.5 Å². The summed E-state index contributed by atoms with van der Waals surface area (Å²) in [6.45, 7) is 4.53. The van der Waals surface area contributed by atoms with Crippen molar-refractivity contribution in [3.63, 3.8) is 0 Å². The molecule has 1 heterocycles. The molecule has 18 heavy (non-hydrogen) atoms. The minimum atomic E-state index is 0.528. The van der Waals surface area contributed by atoms with Gasteiger partial charge in [-0.2, -0.15) is 5.10 Å². The summed E-state index contributed by atoms with van der Waals surface area (Å²) in [7, 11) is 2.04. The molecule has 1 aromatic heterocycles. The molecule has 0 radical (unpaired) electrons. The van der Waals surface area contributed by atoms with Crippen LogP contribution in [-0.2, 0) is 6.42 Å². The Morgan fingerprint density at radius 1 is 1.33 bits per heavy atom. The molecule has 3 nitrogen and oxygen atoms in total. The fourth-order valence-corrected chi connectivity index (χ4v) is 2.93. The quantitative estimate of drug-likeness (QED) is 0.868. The summed E-state index contributed by atoms with van der Waals surface area (Å²) >= 11 is 0. The van der Waals surface area contributed by atoms with Crippen molar-refractivity contribution in [2.75, 3.05) is 7.05 Å². The summed E-state index contributed by atoms with van der Waals surface area (Å²) in [6.07, 6.45) is 9.96. The van der Waals surface area contributed by atoms with Crippen molar-refractivity contribution in [2.24, 2.45) is 5.92 Å². The average molecular weight is 249 g/mol. The maximum Gasteiger partial charge on any atom is 0.0640 e. The number of rotatable bonds is 5.